The molecule has 0 fully saturated rings. The lowest BCUT2D eigenvalue weighted by molar-refractivity contribution is 0.313. The second kappa shape index (κ2) is 6.73. The molecule has 4 heteroatoms. The van der Waals surface area contributed by atoms with Crippen LogP contribution in [-0.4, -0.2) is 6.61 Å². The van der Waals surface area contributed by atoms with E-state index in [0.717, 1.165) is 17.7 Å². The van der Waals surface area contributed by atoms with E-state index in [-0.39, 0.29) is 5.82 Å². The number of halogens is 2. The number of para-hydroxylation sites is 1. The van der Waals surface area contributed by atoms with E-state index in [4.69, 9.17) is 22.1 Å². The summed E-state index contributed by atoms with van der Waals surface area (Å²) in [4.78, 5) is 0. The zero-order valence-corrected chi connectivity index (χ0v) is 12.0. The lowest BCUT2D eigenvalue weighted by Gasteiger charge is -2.18. The van der Waals surface area contributed by atoms with Gasteiger partial charge in [0.05, 0.1) is 12.6 Å². The molecule has 0 bridgehead atoms. The van der Waals surface area contributed by atoms with Gasteiger partial charge in [-0.15, -0.1) is 0 Å². The summed E-state index contributed by atoms with van der Waals surface area (Å²) < 4.78 is 18.8. The summed E-state index contributed by atoms with van der Waals surface area (Å²) in [5.41, 5.74) is 7.78. The molecule has 20 heavy (non-hydrogen) atoms. The van der Waals surface area contributed by atoms with Gasteiger partial charge in [0.2, 0.25) is 0 Å². The van der Waals surface area contributed by atoms with Crippen LogP contribution in [-0.2, 0) is 0 Å². The zero-order valence-electron chi connectivity index (χ0n) is 11.3. The maximum atomic E-state index is 13.1. The summed E-state index contributed by atoms with van der Waals surface area (Å²) in [6.07, 6.45) is 0.918. The van der Waals surface area contributed by atoms with Crippen molar-refractivity contribution in [2.24, 2.45) is 5.73 Å². The van der Waals surface area contributed by atoms with Gasteiger partial charge in [0.1, 0.15) is 11.6 Å². The molecule has 1 unspecified atom stereocenters. The molecule has 1 atom stereocenters. The van der Waals surface area contributed by atoms with Gasteiger partial charge < -0.3 is 10.5 Å². The molecule has 2 aromatic rings. The van der Waals surface area contributed by atoms with Crippen molar-refractivity contribution in [3.8, 4) is 5.75 Å². The van der Waals surface area contributed by atoms with Crippen LogP contribution in [0.1, 0.15) is 30.5 Å². The van der Waals surface area contributed by atoms with Crippen LogP contribution in [0, 0.1) is 5.82 Å². The first kappa shape index (κ1) is 14.8. The normalized spacial score (nSPS) is 12.2. The van der Waals surface area contributed by atoms with Gasteiger partial charge >= 0.3 is 0 Å². The van der Waals surface area contributed by atoms with Gasteiger partial charge in [0.25, 0.3) is 0 Å². The minimum Gasteiger partial charge on any atom is -0.493 e. The number of hydrogen-bond donors (Lipinski definition) is 1. The Morgan fingerprint density at radius 2 is 1.95 bits per heavy atom. The molecular weight excluding hydrogens is 277 g/mol. The molecule has 0 aliphatic heterocycles. The van der Waals surface area contributed by atoms with Crippen LogP contribution >= 0.6 is 11.6 Å². The first-order chi connectivity index (χ1) is 9.63. The summed E-state index contributed by atoms with van der Waals surface area (Å²) in [6.45, 7) is 2.67. The van der Waals surface area contributed by atoms with E-state index in [9.17, 15) is 4.39 Å². The van der Waals surface area contributed by atoms with Crippen LogP contribution in [0.5, 0.6) is 5.75 Å². The number of ether oxygens (including phenoxy) is 1. The number of benzene rings is 2. The summed E-state index contributed by atoms with van der Waals surface area (Å²) in [6, 6.07) is 11.4. The van der Waals surface area contributed by atoms with E-state index >= 15 is 0 Å². The smallest absolute Gasteiger partial charge is 0.124 e. The van der Waals surface area contributed by atoms with Crippen molar-refractivity contribution in [1.29, 1.82) is 0 Å². The maximum Gasteiger partial charge on any atom is 0.124 e. The fourth-order valence-corrected chi connectivity index (χ4v) is 2.29. The lowest BCUT2D eigenvalue weighted by atomic mass is 9.98. The molecular formula is C16H17ClFNO. The van der Waals surface area contributed by atoms with Crippen molar-refractivity contribution in [3.63, 3.8) is 0 Å². The molecule has 0 saturated heterocycles. The molecule has 0 radical (unpaired) electrons. The lowest BCUT2D eigenvalue weighted by Crippen LogP contribution is -2.14. The van der Waals surface area contributed by atoms with E-state index in [1.54, 1.807) is 6.07 Å². The monoisotopic (exact) mass is 293 g/mol. The molecule has 0 aromatic heterocycles. The predicted octanol–water partition coefficient (Wildman–Crippen LogP) is 4.32. The Hall–Kier alpha value is -1.58. The van der Waals surface area contributed by atoms with Crippen LogP contribution in [0.25, 0.3) is 0 Å². The largest absolute Gasteiger partial charge is 0.493 e. The van der Waals surface area contributed by atoms with Crippen molar-refractivity contribution in [2.75, 3.05) is 6.61 Å². The van der Waals surface area contributed by atoms with Crippen LogP contribution in [0.4, 0.5) is 4.39 Å². The van der Waals surface area contributed by atoms with Gasteiger partial charge in [-0.25, -0.2) is 4.39 Å². The number of rotatable bonds is 5. The summed E-state index contributed by atoms with van der Waals surface area (Å²) in [5.74, 6) is 0.365. The number of nitrogens with two attached hydrogens (primary N) is 1. The van der Waals surface area contributed by atoms with E-state index in [1.165, 1.54) is 12.1 Å². The Balaban J connectivity index is 2.35. The fraction of sp³-hybridized carbons (Fsp3) is 0.250. The van der Waals surface area contributed by atoms with Crippen LogP contribution in [0.2, 0.25) is 5.02 Å². The van der Waals surface area contributed by atoms with Crippen molar-refractivity contribution < 1.29 is 9.13 Å². The Labute approximate surface area is 123 Å². The van der Waals surface area contributed by atoms with Crippen molar-refractivity contribution in [2.45, 2.75) is 19.4 Å². The first-order valence-electron chi connectivity index (χ1n) is 6.55. The highest BCUT2D eigenvalue weighted by atomic mass is 35.5. The van der Waals surface area contributed by atoms with Crippen molar-refractivity contribution >= 4 is 11.6 Å². The van der Waals surface area contributed by atoms with Gasteiger partial charge in [-0.2, -0.15) is 0 Å². The fourth-order valence-electron chi connectivity index (χ4n) is 2.00. The molecule has 0 spiro atoms. The van der Waals surface area contributed by atoms with Gasteiger partial charge in [-0.05, 0) is 30.2 Å². The summed E-state index contributed by atoms with van der Waals surface area (Å²) in [7, 11) is 0. The zero-order chi connectivity index (χ0) is 14.5. The highest BCUT2D eigenvalue weighted by Crippen LogP contribution is 2.32. The second-order valence-electron chi connectivity index (χ2n) is 4.53. The molecule has 2 nitrogen and oxygen atoms in total. The molecule has 2 rings (SSSR count). The third-order valence-corrected chi connectivity index (χ3v) is 3.34. The van der Waals surface area contributed by atoms with Crippen molar-refractivity contribution in [3.05, 3.63) is 64.4 Å². The van der Waals surface area contributed by atoms with Gasteiger partial charge in [0, 0.05) is 10.6 Å². The summed E-state index contributed by atoms with van der Waals surface area (Å²) >= 11 is 6.07. The quantitative estimate of drug-likeness (QED) is 0.891. The van der Waals surface area contributed by atoms with E-state index < -0.39 is 6.04 Å². The topological polar surface area (TPSA) is 35.2 Å². The minimum absolute atomic E-state index is 0.322. The van der Waals surface area contributed by atoms with Crippen LogP contribution in [0.3, 0.4) is 0 Å². The highest BCUT2D eigenvalue weighted by molar-refractivity contribution is 6.31. The Morgan fingerprint density at radius 1 is 1.20 bits per heavy atom. The van der Waals surface area contributed by atoms with Crippen LogP contribution in [0.15, 0.2) is 42.5 Å². The molecule has 0 heterocycles. The molecule has 0 amide bonds. The average Bonchev–Trinajstić information content (AvgIpc) is 2.45. The van der Waals surface area contributed by atoms with E-state index in [2.05, 4.69) is 0 Å². The Kier molecular flexibility index (Phi) is 4.99. The SMILES string of the molecule is CCCOc1ccccc1C(N)c1ccc(F)cc1Cl. The maximum absolute atomic E-state index is 13.1. The van der Waals surface area contributed by atoms with Gasteiger partial charge in [-0.1, -0.05) is 42.8 Å². The molecule has 2 N–H and O–H groups in total. The van der Waals surface area contributed by atoms with E-state index in [0.29, 0.717) is 17.2 Å². The van der Waals surface area contributed by atoms with Crippen molar-refractivity contribution in [1.82, 2.24) is 0 Å². The summed E-state index contributed by atoms with van der Waals surface area (Å²) in [5, 5.41) is 0.322. The first-order valence-corrected chi connectivity index (χ1v) is 6.93. The number of hydrogen-bond acceptors (Lipinski definition) is 2. The molecule has 2 aromatic carbocycles. The molecule has 0 saturated carbocycles. The highest BCUT2D eigenvalue weighted by Gasteiger charge is 2.17. The minimum atomic E-state index is -0.448. The van der Waals surface area contributed by atoms with Gasteiger partial charge in [-0.3, -0.25) is 0 Å². The second-order valence-corrected chi connectivity index (χ2v) is 4.94. The average molecular weight is 294 g/mol. The van der Waals surface area contributed by atoms with E-state index in [1.807, 2.05) is 31.2 Å². The predicted molar refractivity (Wildman–Crippen MR) is 79.7 cm³/mol. The third kappa shape index (κ3) is 3.30. The van der Waals surface area contributed by atoms with Gasteiger partial charge in [0.15, 0.2) is 0 Å². The van der Waals surface area contributed by atoms with Crippen LogP contribution < -0.4 is 10.5 Å². The Bertz CT molecular complexity index is 588. The Morgan fingerprint density at radius 3 is 2.65 bits per heavy atom. The molecule has 106 valence electrons. The third-order valence-electron chi connectivity index (χ3n) is 3.01. The molecule has 0 aliphatic carbocycles. The molecule has 0 aliphatic rings. The standard InChI is InChI=1S/C16H17ClFNO/c1-2-9-20-15-6-4-3-5-13(15)16(19)12-8-7-11(18)10-14(12)17/h3-8,10,16H,2,9,19H2,1H3.